The summed E-state index contributed by atoms with van der Waals surface area (Å²) in [6.45, 7) is 1.89. The highest BCUT2D eigenvalue weighted by Gasteiger charge is 2.11. The van der Waals surface area contributed by atoms with Crippen molar-refractivity contribution in [1.29, 1.82) is 0 Å². The van der Waals surface area contributed by atoms with Crippen molar-refractivity contribution >= 4 is 33.5 Å². The molecule has 0 radical (unpaired) electrons. The van der Waals surface area contributed by atoms with Gasteiger partial charge in [0.05, 0.1) is 6.42 Å². The van der Waals surface area contributed by atoms with Crippen LogP contribution in [0, 0.1) is 6.92 Å². The van der Waals surface area contributed by atoms with E-state index in [9.17, 15) is 4.79 Å². The molecule has 14 heavy (non-hydrogen) atoms. The van der Waals surface area contributed by atoms with Crippen LogP contribution >= 0.6 is 27.5 Å². The van der Waals surface area contributed by atoms with Gasteiger partial charge < -0.3 is 5.11 Å². The van der Waals surface area contributed by atoms with Gasteiger partial charge in [0.2, 0.25) is 0 Å². The summed E-state index contributed by atoms with van der Waals surface area (Å²) in [7, 11) is 0. The molecule has 1 aromatic rings. The Kier molecular flexibility index (Phi) is 3.96. The molecular formula is C10H10BrClO2. The van der Waals surface area contributed by atoms with Crippen LogP contribution in [0.15, 0.2) is 12.1 Å². The SMILES string of the molecule is Cc1ccc(Cl)c(CBr)c1CC(=O)O. The van der Waals surface area contributed by atoms with Gasteiger partial charge in [0.25, 0.3) is 0 Å². The van der Waals surface area contributed by atoms with Crippen molar-refractivity contribution in [2.24, 2.45) is 0 Å². The fourth-order valence-corrected chi connectivity index (χ4v) is 2.37. The molecule has 0 aliphatic heterocycles. The first-order chi connectivity index (χ1) is 6.56. The standard InChI is InChI=1S/C10H10BrClO2/c1-6-2-3-9(12)8(5-11)7(6)4-10(13)14/h2-3H,4-5H2,1H3,(H,13,14). The van der Waals surface area contributed by atoms with Crippen LogP contribution in [-0.2, 0) is 16.5 Å². The van der Waals surface area contributed by atoms with Crippen molar-refractivity contribution in [3.8, 4) is 0 Å². The fourth-order valence-electron chi connectivity index (χ4n) is 1.32. The number of carbonyl (C=O) groups is 1. The highest BCUT2D eigenvalue weighted by atomic mass is 79.9. The Bertz CT molecular complexity index is 363. The number of benzene rings is 1. The number of hydrogen-bond acceptors (Lipinski definition) is 1. The molecule has 0 amide bonds. The van der Waals surface area contributed by atoms with Gasteiger partial charge in [-0.2, -0.15) is 0 Å². The minimum Gasteiger partial charge on any atom is -0.481 e. The summed E-state index contributed by atoms with van der Waals surface area (Å²) in [4.78, 5) is 10.6. The van der Waals surface area contributed by atoms with Gasteiger partial charge in [0.1, 0.15) is 0 Å². The van der Waals surface area contributed by atoms with Crippen LogP contribution in [0.2, 0.25) is 5.02 Å². The maximum atomic E-state index is 10.6. The van der Waals surface area contributed by atoms with Crippen LogP contribution in [-0.4, -0.2) is 11.1 Å². The molecule has 0 aromatic heterocycles. The van der Waals surface area contributed by atoms with Crippen molar-refractivity contribution in [1.82, 2.24) is 0 Å². The van der Waals surface area contributed by atoms with E-state index in [1.54, 1.807) is 6.07 Å². The number of carboxylic acids is 1. The van der Waals surface area contributed by atoms with Crippen LogP contribution in [0.25, 0.3) is 0 Å². The second-order valence-corrected chi connectivity index (χ2v) is 3.99. The molecule has 0 unspecified atom stereocenters. The van der Waals surface area contributed by atoms with Crippen LogP contribution in [0.3, 0.4) is 0 Å². The minimum atomic E-state index is -0.836. The van der Waals surface area contributed by atoms with Crippen LogP contribution in [0.1, 0.15) is 16.7 Å². The molecule has 0 aliphatic rings. The second kappa shape index (κ2) is 4.80. The molecule has 4 heteroatoms. The highest BCUT2D eigenvalue weighted by molar-refractivity contribution is 9.08. The van der Waals surface area contributed by atoms with Crippen molar-refractivity contribution in [3.05, 3.63) is 33.8 Å². The maximum absolute atomic E-state index is 10.6. The van der Waals surface area contributed by atoms with E-state index in [-0.39, 0.29) is 6.42 Å². The molecule has 0 atom stereocenters. The first kappa shape index (κ1) is 11.5. The molecule has 0 heterocycles. The Morgan fingerprint density at radius 1 is 1.50 bits per heavy atom. The molecule has 0 aliphatic carbocycles. The molecule has 76 valence electrons. The number of carboxylic acid groups (broad SMARTS) is 1. The first-order valence-corrected chi connectivity index (χ1v) is 5.60. The number of halogens is 2. The number of aryl methyl sites for hydroxylation is 1. The summed E-state index contributed by atoms with van der Waals surface area (Å²) < 4.78 is 0. The van der Waals surface area contributed by atoms with Crippen LogP contribution < -0.4 is 0 Å². The molecule has 1 aromatic carbocycles. The zero-order chi connectivity index (χ0) is 10.7. The summed E-state index contributed by atoms with van der Waals surface area (Å²) in [5.74, 6) is -0.836. The third-order valence-electron chi connectivity index (χ3n) is 2.07. The van der Waals surface area contributed by atoms with Crippen molar-refractivity contribution in [2.45, 2.75) is 18.7 Å². The van der Waals surface area contributed by atoms with Gasteiger partial charge in [-0.25, -0.2) is 0 Å². The smallest absolute Gasteiger partial charge is 0.307 e. The summed E-state index contributed by atoms with van der Waals surface area (Å²) in [6.07, 6.45) is 0.0212. The molecule has 0 saturated heterocycles. The van der Waals surface area contributed by atoms with Crippen molar-refractivity contribution < 1.29 is 9.90 Å². The van der Waals surface area contributed by atoms with E-state index in [1.807, 2.05) is 13.0 Å². The lowest BCUT2D eigenvalue weighted by molar-refractivity contribution is -0.136. The summed E-state index contributed by atoms with van der Waals surface area (Å²) >= 11 is 9.27. The molecule has 1 N–H and O–H groups in total. The lowest BCUT2D eigenvalue weighted by Crippen LogP contribution is -2.05. The molecule has 1 rings (SSSR count). The number of alkyl halides is 1. The topological polar surface area (TPSA) is 37.3 Å². The maximum Gasteiger partial charge on any atom is 0.307 e. The highest BCUT2D eigenvalue weighted by Crippen LogP contribution is 2.25. The van der Waals surface area contributed by atoms with Crippen molar-refractivity contribution in [3.63, 3.8) is 0 Å². The van der Waals surface area contributed by atoms with E-state index in [1.165, 1.54) is 0 Å². The molecule has 0 fully saturated rings. The molecule has 2 nitrogen and oxygen atoms in total. The molecule has 0 saturated carbocycles. The van der Waals surface area contributed by atoms with Gasteiger partial charge in [0.15, 0.2) is 0 Å². The lowest BCUT2D eigenvalue weighted by atomic mass is 10.0. The Hall–Kier alpha value is -0.540. The third kappa shape index (κ3) is 2.49. The van der Waals surface area contributed by atoms with E-state index >= 15 is 0 Å². The quantitative estimate of drug-likeness (QED) is 0.862. The summed E-state index contributed by atoms with van der Waals surface area (Å²) in [5.41, 5.74) is 2.64. The summed E-state index contributed by atoms with van der Waals surface area (Å²) in [5, 5.41) is 9.94. The number of aliphatic carboxylic acids is 1. The van der Waals surface area contributed by atoms with Gasteiger partial charge in [-0.1, -0.05) is 33.6 Å². The van der Waals surface area contributed by atoms with E-state index in [0.717, 1.165) is 16.7 Å². The van der Waals surface area contributed by atoms with E-state index < -0.39 is 5.97 Å². The minimum absolute atomic E-state index is 0.0212. The molecule has 0 bridgehead atoms. The van der Waals surface area contributed by atoms with Gasteiger partial charge >= 0.3 is 5.97 Å². The Labute approximate surface area is 96.0 Å². The van der Waals surface area contributed by atoms with Crippen LogP contribution in [0.5, 0.6) is 0 Å². The predicted molar refractivity (Wildman–Crippen MR) is 60.2 cm³/mol. The van der Waals surface area contributed by atoms with Gasteiger partial charge in [-0.15, -0.1) is 0 Å². The Morgan fingerprint density at radius 2 is 2.14 bits per heavy atom. The molecular weight excluding hydrogens is 267 g/mol. The second-order valence-electron chi connectivity index (χ2n) is 3.03. The largest absolute Gasteiger partial charge is 0.481 e. The van der Waals surface area contributed by atoms with E-state index in [0.29, 0.717) is 10.4 Å². The van der Waals surface area contributed by atoms with E-state index in [4.69, 9.17) is 16.7 Å². The third-order valence-corrected chi connectivity index (χ3v) is 2.98. The van der Waals surface area contributed by atoms with Gasteiger partial charge in [-0.05, 0) is 29.7 Å². The first-order valence-electron chi connectivity index (χ1n) is 4.11. The molecule has 0 spiro atoms. The van der Waals surface area contributed by atoms with Crippen molar-refractivity contribution in [2.75, 3.05) is 0 Å². The summed E-state index contributed by atoms with van der Waals surface area (Å²) in [6, 6.07) is 3.63. The average molecular weight is 278 g/mol. The lowest BCUT2D eigenvalue weighted by Gasteiger charge is -2.10. The Balaban J connectivity index is 3.22. The fraction of sp³-hybridized carbons (Fsp3) is 0.300. The predicted octanol–water partition coefficient (Wildman–Crippen LogP) is 3.17. The van der Waals surface area contributed by atoms with Gasteiger partial charge in [0, 0.05) is 10.4 Å². The Morgan fingerprint density at radius 3 is 2.64 bits per heavy atom. The number of hydrogen-bond donors (Lipinski definition) is 1. The van der Waals surface area contributed by atoms with Crippen LogP contribution in [0.4, 0.5) is 0 Å². The van der Waals surface area contributed by atoms with E-state index in [2.05, 4.69) is 15.9 Å². The monoisotopic (exact) mass is 276 g/mol. The van der Waals surface area contributed by atoms with Gasteiger partial charge in [-0.3, -0.25) is 4.79 Å². The zero-order valence-corrected chi connectivity index (χ0v) is 10.0. The average Bonchev–Trinajstić information content (AvgIpc) is 2.11. The normalized spacial score (nSPS) is 10.2. The zero-order valence-electron chi connectivity index (χ0n) is 7.68. The number of rotatable bonds is 3.